The Balaban J connectivity index is 1.63. The van der Waals surface area contributed by atoms with Crippen LogP contribution in [-0.4, -0.2) is 23.0 Å². The second-order valence-corrected chi connectivity index (χ2v) is 14.2. The second kappa shape index (κ2) is 8.68. The normalized spacial score (nSPS) is 38.8. The smallest absolute Gasteiger partial charge is 0.309 e. The molecule has 6 heteroatoms. The average Bonchev–Trinajstić information content (AvgIpc) is 2.84. The van der Waals surface area contributed by atoms with Crippen molar-refractivity contribution in [1.82, 2.24) is 0 Å². The van der Waals surface area contributed by atoms with Crippen molar-refractivity contribution in [2.24, 2.45) is 27.6 Å². The summed E-state index contributed by atoms with van der Waals surface area (Å²) in [6.07, 6.45) is 9.70. The number of carbonyl (C=O) groups excluding carboxylic acids is 2. The van der Waals surface area contributed by atoms with Crippen LogP contribution in [0.15, 0.2) is 17.7 Å². The Morgan fingerprint density at radius 2 is 1.54 bits per heavy atom. The van der Waals surface area contributed by atoms with Crippen molar-refractivity contribution >= 4 is 17.9 Å². The van der Waals surface area contributed by atoms with Crippen LogP contribution in [0.3, 0.4) is 0 Å². The first-order valence-corrected chi connectivity index (χ1v) is 14.5. The Labute approximate surface area is 232 Å². The molecule has 0 aromatic heterocycles. The van der Waals surface area contributed by atoms with Gasteiger partial charge in [0, 0.05) is 19.3 Å². The topological polar surface area (TPSA) is 89.9 Å². The zero-order valence-electron chi connectivity index (χ0n) is 24.9. The maximum absolute atomic E-state index is 12.4. The van der Waals surface area contributed by atoms with E-state index in [1.54, 1.807) is 0 Å². The van der Waals surface area contributed by atoms with Gasteiger partial charge in [0.15, 0.2) is 11.5 Å². The summed E-state index contributed by atoms with van der Waals surface area (Å²) in [5, 5.41) is 10.2. The van der Waals surface area contributed by atoms with Gasteiger partial charge in [-0.1, -0.05) is 39.3 Å². The molecule has 4 aliphatic carbocycles. The molecule has 0 radical (unpaired) electrons. The summed E-state index contributed by atoms with van der Waals surface area (Å²) in [6.45, 7) is 16.2. The van der Waals surface area contributed by atoms with Crippen molar-refractivity contribution in [3.63, 3.8) is 0 Å². The Kier molecular flexibility index (Phi) is 6.22. The van der Waals surface area contributed by atoms with E-state index < -0.39 is 23.3 Å². The zero-order chi connectivity index (χ0) is 28.8. The van der Waals surface area contributed by atoms with E-state index in [9.17, 15) is 19.5 Å². The fraction of sp³-hybridized carbons (Fsp3) is 0.667. The lowest BCUT2D eigenvalue weighted by Crippen LogP contribution is -2.62. The Hall–Kier alpha value is -2.63. The first kappa shape index (κ1) is 27.9. The molecule has 0 amide bonds. The molecule has 0 saturated heterocycles. The van der Waals surface area contributed by atoms with Gasteiger partial charge in [0.1, 0.15) is 0 Å². The largest absolute Gasteiger partial charge is 0.481 e. The van der Waals surface area contributed by atoms with E-state index in [1.165, 1.54) is 19.4 Å². The van der Waals surface area contributed by atoms with E-state index >= 15 is 0 Å². The molecule has 212 valence electrons. The number of esters is 2. The van der Waals surface area contributed by atoms with Gasteiger partial charge in [0.25, 0.3) is 0 Å². The highest BCUT2D eigenvalue weighted by molar-refractivity contribution is 5.76. The summed E-state index contributed by atoms with van der Waals surface area (Å²) < 4.78 is 11.2. The molecule has 6 atom stereocenters. The van der Waals surface area contributed by atoms with Crippen LogP contribution in [0.2, 0.25) is 0 Å². The number of fused-ring (bicyclic) bond motifs is 7. The highest BCUT2D eigenvalue weighted by Crippen LogP contribution is 2.74. The lowest BCUT2D eigenvalue weighted by atomic mass is 9.34. The lowest BCUT2D eigenvalue weighted by Gasteiger charge is -2.69. The van der Waals surface area contributed by atoms with Crippen LogP contribution >= 0.6 is 0 Å². The number of rotatable bonds is 3. The van der Waals surface area contributed by atoms with Crippen LogP contribution in [-0.2, 0) is 26.2 Å². The van der Waals surface area contributed by atoms with Crippen LogP contribution in [0.25, 0.3) is 0 Å². The molecule has 3 fully saturated rings. The van der Waals surface area contributed by atoms with Gasteiger partial charge in [0.2, 0.25) is 0 Å². The van der Waals surface area contributed by atoms with Gasteiger partial charge in [-0.3, -0.25) is 14.4 Å². The van der Waals surface area contributed by atoms with E-state index in [0.717, 1.165) is 68.1 Å². The summed E-state index contributed by atoms with van der Waals surface area (Å²) in [6, 6.07) is 1.94. The minimum Gasteiger partial charge on any atom is -0.481 e. The number of allylic oxidation sites excluding steroid dienone is 2. The maximum atomic E-state index is 12.4. The number of carboxylic acid groups (broad SMARTS) is 1. The van der Waals surface area contributed by atoms with E-state index in [0.29, 0.717) is 17.4 Å². The van der Waals surface area contributed by atoms with Crippen LogP contribution in [0.5, 0.6) is 11.5 Å². The number of ether oxygens (including phenoxy) is 2. The van der Waals surface area contributed by atoms with Gasteiger partial charge in [-0.25, -0.2) is 0 Å². The molecule has 6 nitrogen and oxygen atoms in total. The first-order chi connectivity index (χ1) is 18.0. The molecule has 1 aromatic rings. The van der Waals surface area contributed by atoms with Crippen molar-refractivity contribution in [2.75, 3.05) is 0 Å². The van der Waals surface area contributed by atoms with Crippen LogP contribution < -0.4 is 9.47 Å². The third-order valence-corrected chi connectivity index (χ3v) is 12.0. The van der Waals surface area contributed by atoms with E-state index in [2.05, 4.69) is 33.8 Å². The third kappa shape index (κ3) is 3.83. The maximum Gasteiger partial charge on any atom is 0.309 e. The Morgan fingerprint density at radius 3 is 2.15 bits per heavy atom. The van der Waals surface area contributed by atoms with Crippen molar-refractivity contribution < 1.29 is 29.0 Å². The van der Waals surface area contributed by atoms with Crippen LogP contribution in [0, 0.1) is 34.5 Å². The predicted octanol–water partition coefficient (Wildman–Crippen LogP) is 7.08. The van der Waals surface area contributed by atoms with Gasteiger partial charge in [-0.15, -0.1) is 0 Å². The fourth-order valence-electron chi connectivity index (χ4n) is 9.37. The minimum absolute atomic E-state index is 0.0224. The molecule has 5 rings (SSSR count). The van der Waals surface area contributed by atoms with Crippen molar-refractivity contribution in [3.8, 4) is 11.5 Å². The van der Waals surface area contributed by atoms with Gasteiger partial charge < -0.3 is 14.6 Å². The lowest BCUT2D eigenvalue weighted by molar-refractivity contribution is -0.177. The van der Waals surface area contributed by atoms with Crippen LogP contribution in [0.1, 0.15) is 110 Å². The molecule has 3 saturated carbocycles. The number of hydrogen-bond donors (Lipinski definition) is 1. The van der Waals surface area contributed by atoms with Crippen molar-refractivity contribution in [1.29, 1.82) is 0 Å². The highest BCUT2D eigenvalue weighted by atomic mass is 16.6. The molecule has 0 aliphatic heterocycles. The number of carboxylic acids is 1. The predicted molar refractivity (Wildman–Crippen MR) is 149 cm³/mol. The van der Waals surface area contributed by atoms with Gasteiger partial charge >= 0.3 is 17.9 Å². The fourth-order valence-corrected chi connectivity index (χ4v) is 9.37. The molecule has 4 aliphatic rings. The highest BCUT2D eigenvalue weighted by Gasteiger charge is 2.67. The monoisotopic (exact) mass is 536 g/mol. The summed E-state index contributed by atoms with van der Waals surface area (Å²) >= 11 is 0. The minimum atomic E-state index is -0.678. The molecule has 1 N–H and O–H groups in total. The van der Waals surface area contributed by atoms with E-state index in [1.807, 2.05) is 19.9 Å². The van der Waals surface area contributed by atoms with Crippen molar-refractivity contribution in [3.05, 3.63) is 34.4 Å². The van der Waals surface area contributed by atoms with Crippen molar-refractivity contribution in [2.45, 2.75) is 112 Å². The summed E-state index contributed by atoms with van der Waals surface area (Å²) in [7, 11) is 0. The molecule has 39 heavy (non-hydrogen) atoms. The third-order valence-electron chi connectivity index (χ3n) is 12.0. The quantitative estimate of drug-likeness (QED) is 0.252. The molecule has 0 spiro atoms. The number of benzene rings is 1. The standard InChI is InChI=1S/C33H44O6/c1-19-22-9-10-25-31(6,23(22)17-24(38-20(2)34)27(19)39-21(3)35)14-16-33(8)26-18-30(5,28(36)37)12-11-29(26,4)13-15-32(25,33)7/h10,17,26H,9,11-16,18H2,1-8H3,(H,36,37)/t26-,29-,30-,31+,32-,33+/m1/s1. The first-order valence-electron chi connectivity index (χ1n) is 14.5. The van der Waals surface area contributed by atoms with Crippen LogP contribution in [0.4, 0.5) is 0 Å². The SMILES string of the molecule is CC(=O)Oc1cc2c(c(C)c1OC(C)=O)CC=C1[C@@]2(C)CC[C@@]2(C)[C@@H]3C[C@](C)(C(=O)O)CC[C@]3(C)CC[C@]12C. The Bertz CT molecular complexity index is 1310. The second-order valence-electron chi connectivity index (χ2n) is 14.2. The molecule has 0 unspecified atom stereocenters. The average molecular weight is 537 g/mol. The summed E-state index contributed by atoms with van der Waals surface area (Å²) in [5.41, 5.74) is 3.69. The summed E-state index contributed by atoms with van der Waals surface area (Å²) in [4.78, 5) is 36.3. The van der Waals surface area contributed by atoms with Gasteiger partial charge in [-0.2, -0.15) is 0 Å². The number of aliphatic carboxylic acids is 1. The van der Waals surface area contributed by atoms with E-state index in [4.69, 9.17) is 9.47 Å². The van der Waals surface area contributed by atoms with Gasteiger partial charge in [-0.05, 0) is 110 Å². The zero-order valence-corrected chi connectivity index (χ0v) is 24.9. The molecule has 0 heterocycles. The number of carbonyl (C=O) groups is 3. The number of hydrogen-bond acceptors (Lipinski definition) is 5. The van der Waals surface area contributed by atoms with E-state index in [-0.39, 0.29) is 21.7 Å². The molecular weight excluding hydrogens is 492 g/mol. The van der Waals surface area contributed by atoms with Gasteiger partial charge in [0.05, 0.1) is 5.41 Å². The molecule has 1 aromatic carbocycles. The molecular formula is C33H44O6. The summed E-state index contributed by atoms with van der Waals surface area (Å²) in [5.74, 6) is -0.605. The Morgan fingerprint density at radius 1 is 0.897 bits per heavy atom. The molecule has 0 bridgehead atoms.